The Bertz CT molecular complexity index is 171. The Balaban J connectivity index is 2.99. The Morgan fingerprint density at radius 1 is 0.600 bits per heavy atom. The standard InChI is InChI=1S/C18H40N2/c1-3-4-5-6-7-8-9-10-11-12-13-14-15-17-20(2)18-16-19/h3-19H2,1-2H3. The lowest BCUT2D eigenvalue weighted by Crippen LogP contribution is -2.26. The van der Waals surface area contributed by atoms with Gasteiger partial charge in [-0.2, -0.15) is 0 Å². The van der Waals surface area contributed by atoms with Crippen LogP contribution in [0.15, 0.2) is 0 Å². The molecule has 0 aromatic rings. The minimum absolute atomic E-state index is 0.787. The molecule has 0 aliphatic rings. The highest BCUT2D eigenvalue weighted by molar-refractivity contribution is 4.53. The van der Waals surface area contributed by atoms with Gasteiger partial charge in [-0.3, -0.25) is 0 Å². The van der Waals surface area contributed by atoms with Crippen molar-refractivity contribution in [3.8, 4) is 0 Å². The predicted molar refractivity (Wildman–Crippen MR) is 92.2 cm³/mol. The number of nitrogens with two attached hydrogens (primary N) is 1. The highest BCUT2D eigenvalue weighted by Gasteiger charge is 1.97. The van der Waals surface area contributed by atoms with E-state index in [9.17, 15) is 0 Å². The summed E-state index contributed by atoms with van der Waals surface area (Å²) in [5.41, 5.74) is 5.53. The van der Waals surface area contributed by atoms with Crippen LogP contribution in [0, 0.1) is 0 Å². The van der Waals surface area contributed by atoms with E-state index in [1.165, 1.54) is 90.0 Å². The predicted octanol–water partition coefficient (Wildman–Crippen LogP) is 4.97. The summed E-state index contributed by atoms with van der Waals surface area (Å²) in [7, 11) is 2.17. The molecule has 2 nitrogen and oxygen atoms in total. The van der Waals surface area contributed by atoms with E-state index in [1.54, 1.807) is 0 Å². The Kier molecular flexibility index (Phi) is 16.9. The van der Waals surface area contributed by atoms with Crippen molar-refractivity contribution in [3.63, 3.8) is 0 Å². The molecule has 0 rings (SSSR count). The van der Waals surface area contributed by atoms with Crippen molar-refractivity contribution in [3.05, 3.63) is 0 Å². The van der Waals surface area contributed by atoms with Crippen LogP contribution in [-0.2, 0) is 0 Å². The summed E-state index contributed by atoms with van der Waals surface area (Å²) in [4.78, 5) is 2.35. The normalized spacial score (nSPS) is 11.4. The molecule has 122 valence electrons. The number of likely N-dealkylation sites (N-methyl/N-ethyl adjacent to an activating group) is 1. The quantitative estimate of drug-likeness (QED) is 0.406. The van der Waals surface area contributed by atoms with Crippen LogP contribution in [0.5, 0.6) is 0 Å². The third kappa shape index (κ3) is 16.0. The van der Waals surface area contributed by atoms with Crippen molar-refractivity contribution in [1.29, 1.82) is 0 Å². The van der Waals surface area contributed by atoms with Gasteiger partial charge in [0.15, 0.2) is 0 Å². The van der Waals surface area contributed by atoms with Gasteiger partial charge in [0.1, 0.15) is 0 Å². The second-order valence-corrected chi connectivity index (χ2v) is 6.33. The zero-order valence-corrected chi connectivity index (χ0v) is 14.3. The first-order valence-corrected chi connectivity index (χ1v) is 9.20. The monoisotopic (exact) mass is 284 g/mol. The molecule has 0 aliphatic heterocycles. The van der Waals surface area contributed by atoms with Gasteiger partial charge in [0.2, 0.25) is 0 Å². The first-order chi connectivity index (χ1) is 9.81. The highest BCUT2D eigenvalue weighted by atomic mass is 15.1. The van der Waals surface area contributed by atoms with Crippen LogP contribution < -0.4 is 5.73 Å². The summed E-state index contributed by atoms with van der Waals surface area (Å²) in [6.07, 6.45) is 18.6. The van der Waals surface area contributed by atoms with Gasteiger partial charge in [0.25, 0.3) is 0 Å². The molecule has 0 aromatic heterocycles. The summed E-state index contributed by atoms with van der Waals surface area (Å²) < 4.78 is 0. The maximum absolute atomic E-state index is 5.53. The zero-order valence-electron chi connectivity index (χ0n) is 14.3. The molecule has 0 bridgehead atoms. The molecule has 0 spiro atoms. The van der Waals surface area contributed by atoms with Crippen LogP contribution in [0.1, 0.15) is 90.4 Å². The van der Waals surface area contributed by atoms with E-state index >= 15 is 0 Å². The summed E-state index contributed by atoms with van der Waals surface area (Å²) in [6.45, 7) is 5.33. The molecule has 0 aromatic carbocycles. The Morgan fingerprint density at radius 2 is 1.00 bits per heavy atom. The first kappa shape index (κ1) is 19.9. The Hall–Kier alpha value is -0.0800. The number of hydrogen-bond donors (Lipinski definition) is 1. The van der Waals surface area contributed by atoms with Crippen LogP contribution >= 0.6 is 0 Å². The Labute approximate surface area is 128 Å². The summed E-state index contributed by atoms with van der Waals surface area (Å²) >= 11 is 0. The maximum atomic E-state index is 5.53. The lowest BCUT2D eigenvalue weighted by atomic mass is 10.0. The second kappa shape index (κ2) is 17.0. The average molecular weight is 285 g/mol. The van der Waals surface area contributed by atoms with Crippen LogP contribution in [-0.4, -0.2) is 31.6 Å². The van der Waals surface area contributed by atoms with E-state index in [0.29, 0.717) is 0 Å². The van der Waals surface area contributed by atoms with E-state index in [2.05, 4.69) is 18.9 Å². The molecule has 0 saturated carbocycles. The molecule has 20 heavy (non-hydrogen) atoms. The molecular weight excluding hydrogens is 244 g/mol. The first-order valence-electron chi connectivity index (χ1n) is 9.20. The summed E-state index contributed by atoms with van der Waals surface area (Å²) in [6, 6.07) is 0. The smallest absolute Gasteiger partial charge is 0.0102 e. The maximum Gasteiger partial charge on any atom is 0.0102 e. The van der Waals surface area contributed by atoms with Crippen LogP contribution in [0.2, 0.25) is 0 Å². The number of rotatable bonds is 16. The zero-order chi connectivity index (χ0) is 14.9. The summed E-state index contributed by atoms with van der Waals surface area (Å²) in [5.74, 6) is 0. The minimum Gasteiger partial charge on any atom is -0.329 e. The van der Waals surface area contributed by atoms with Gasteiger partial charge < -0.3 is 10.6 Å². The van der Waals surface area contributed by atoms with Crippen LogP contribution in [0.3, 0.4) is 0 Å². The fraction of sp³-hybridized carbons (Fsp3) is 1.00. The van der Waals surface area contributed by atoms with Crippen molar-refractivity contribution < 1.29 is 0 Å². The van der Waals surface area contributed by atoms with Gasteiger partial charge in [-0.15, -0.1) is 0 Å². The van der Waals surface area contributed by atoms with E-state index < -0.39 is 0 Å². The molecule has 0 unspecified atom stereocenters. The molecule has 0 fully saturated rings. The van der Waals surface area contributed by atoms with Crippen molar-refractivity contribution in [2.75, 3.05) is 26.7 Å². The van der Waals surface area contributed by atoms with Crippen molar-refractivity contribution in [2.24, 2.45) is 5.73 Å². The van der Waals surface area contributed by atoms with Gasteiger partial charge in [0, 0.05) is 13.1 Å². The molecule has 2 N–H and O–H groups in total. The van der Waals surface area contributed by atoms with Crippen LogP contribution in [0.4, 0.5) is 0 Å². The topological polar surface area (TPSA) is 29.3 Å². The van der Waals surface area contributed by atoms with Gasteiger partial charge in [-0.05, 0) is 20.0 Å². The fourth-order valence-electron chi connectivity index (χ4n) is 2.73. The minimum atomic E-state index is 0.787. The molecule has 0 atom stereocenters. The third-order valence-corrected chi connectivity index (χ3v) is 4.15. The lowest BCUT2D eigenvalue weighted by Gasteiger charge is -2.14. The SMILES string of the molecule is CCCCCCCCCCCCCCCN(C)CCN. The molecule has 0 amide bonds. The molecule has 0 heterocycles. The number of hydrogen-bond acceptors (Lipinski definition) is 2. The van der Waals surface area contributed by atoms with Gasteiger partial charge in [-0.25, -0.2) is 0 Å². The summed E-state index contributed by atoms with van der Waals surface area (Å²) in [5, 5.41) is 0. The number of nitrogens with zero attached hydrogens (tertiary/aromatic N) is 1. The lowest BCUT2D eigenvalue weighted by molar-refractivity contribution is 0.332. The highest BCUT2D eigenvalue weighted by Crippen LogP contribution is 2.12. The molecule has 0 radical (unpaired) electrons. The van der Waals surface area contributed by atoms with E-state index in [4.69, 9.17) is 5.73 Å². The van der Waals surface area contributed by atoms with Gasteiger partial charge in [-0.1, -0.05) is 84.0 Å². The average Bonchev–Trinajstić information content (AvgIpc) is 2.44. The van der Waals surface area contributed by atoms with E-state index in [0.717, 1.165) is 13.1 Å². The number of unbranched alkanes of at least 4 members (excludes halogenated alkanes) is 12. The van der Waals surface area contributed by atoms with Crippen molar-refractivity contribution in [2.45, 2.75) is 90.4 Å². The molecular formula is C18H40N2. The van der Waals surface area contributed by atoms with Gasteiger partial charge in [0.05, 0.1) is 0 Å². The largest absolute Gasteiger partial charge is 0.329 e. The van der Waals surface area contributed by atoms with Crippen LogP contribution in [0.25, 0.3) is 0 Å². The molecule has 2 heteroatoms. The Morgan fingerprint density at radius 3 is 1.40 bits per heavy atom. The molecule has 0 aliphatic carbocycles. The van der Waals surface area contributed by atoms with Gasteiger partial charge >= 0.3 is 0 Å². The van der Waals surface area contributed by atoms with E-state index in [1.807, 2.05) is 0 Å². The molecule has 0 saturated heterocycles. The fourth-order valence-corrected chi connectivity index (χ4v) is 2.73. The van der Waals surface area contributed by atoms with E-state index in [-0.39, 0.29) is 0 Å². The second-order valence-electron chi connectivity index (χ2n) is 6.33. The van der Waals surface area contributed by atoms with Crippen molar-refractivity contribution in [1.82, 2.24) is 4.90 Å². The third-order valence-electron chi connectivity index (χ3n) is 4.15. The van der Waals surface area contributed by atoms with Crippen molar-refractivity contribution >= 4 is 0 Å².